The number of unbranched alkanes of at least 4 members (excludes halogenated alkanes) is 1. The van der Waals surface area contributed by atoms with Crippen molar-refractivity contribution in [2.24, 2.45) is 0 Å². The number of aromatic nitrogens is 1. The highest BCUT2D eigenvalue weighted by Gasteiger charge is 2.13. The first-order chi connectivity index (χ1) is 12.7. The summed E-state index contributed by atoms with van der Waals surface area (Å²) in [6.07, 6.45) is 2.75. The molecule has 1 heterocycles. The van der Waals surface area contributed by atoms with Gasteiger partial charge in [0.2, 0.25) is 0 Å². The molecule has 0 bridgehead atoms. The maximum Gasteiger partial charge on any atom is 0.257 e. The number of benzene rings is 2. The minimum atomic E-state index is -0.294. The van der Waals surface area contributed by atoms with Crippen molar-refractivity contribution in [2.45, 2.75) is 12.8 Å². The lowest BCUT2D eigenvalue weighted by Gasteiger charge is -2.10. The average Bonchev–Trinajstić information content (AvgIpc) is 2.65. The van der Waals surface area contributed by atoms with E-state index >= 15 is 0 Å². The van der Waals surface area contributed by atoms with Crippen LogP contribution in [0.15, 0.2) is 54.7 Å². The maximum absolute atomic E-state index is 12.7. The molecule has 0 saturated carbocycles. The maximum atomic E-state index is 12.7. The number of hydrogen-bond donors (Lipinski definition) is 1. The average molecular weight is 366 g/mol. The van der Waals surface area contributed by atoms with Gasteiger partial charge in [0.15, 0.2) is 0 Å². The van der Waals surface area contributed by atoms with Crippen LogP contribution in [0.3, 0.4) is 0 Å². The monoisotopic (exact) mass is 365 g/mol. The number of pyridine rings is 1. The van der Waals surface area contributed by atoms with Gasteiger partial charge in [0.25, 0.3) is 5.91 Å². The van der Waals surface area contributed by atoms with E-state index < -0.39 is 0 Å². The minimum Gasteiger partial charge on any atom is -0.493 e. The van der Waals surface area contributed by atoms with Crippen molar-refractivity contribution < 1.29 is 9.53 Å². The highest BCUT2D eigenvalue weighted by Crippen LogP contribution is 2.24. The van der Waals surface area contributed by atoms with Gasteiger partial charge in [-0.3, -0.25) is 9.78 Å². The van der Waals surface area contributed by atoms with Crippen molar-refractivity contribution in [1.29, 1.82) is 5.26 Å². The van der Waals surface area contributed by atoms with Crippen LogP contribution in [-0.2, 0) is 0 Å². The molecule has 5 nitrogen and oxygen atoms in total. The first kappa shape index (κ1) is 17.7. The standard InChI is InChI=1S/C20H16ClN3O2/c21-15-11-14-5-4-9-23-19(14)18(12-15)20(25)24-16-6-3-7-17(13-16)26-10-2-1-8-22/h3-7,9,11-13H,1-2,10H2,(H,24,25). The zero-order valence-corrected chi connectivity index (χ0v) is 14.7. The van der Waals surface area contributed by atoms with E-state index in [9.17, 15) is 4.79 Å². The molecule has 1 aromatic heterocycles. The number of ether oxygens (including phenoxy) is 1. The van der Waals surface area contributed by atoms with Crippen molar-refractivity contribution >= 4 is 34.1 Å². The van der Waals surface area contributed by atoms with Gasteiger partial charge in [0.05, 0.1) is 23.8 Å². The third kappa shape index (κ3) is 4.29. The molecule has 0 atom stereocenters. The molecule has 6 heteroatoms. The third-order valence-electron chi connectivity index (χ3n) is 3.71. The summed E-state index contributed by atoms with van der Waals surface area (Å²) < 4.78 is 5.59. The molecule has 0 radical (unpaired) electrons. The van der Waals surface area contributed by atoms with Gasteiger partial charge in [-0.05, 0) is 36.8 Å². The largest absolute Gasteiger partial charge is 0.493 e. The Morgan fingerprint density at radius 1 is 1.23 bits per heavy atom. The van der Waals surface area contributed by atoms with Crippen LogP contribution in [0.5, 0.6) is 5.75 Å². The number of carbonyl (C=O) groups is 1. The van der Waals surface area contributed by atoms with Crippen LogP contribution in [0.2, 0.25) is 5.02 Å². The second kappa shape index (κ2) is 8.32. The number of nitrogens with one attached hydrogen (secondary N) is 1. The molecule has 0 aliphatic rings. The van der Waals surface area contributed by atoms with Crippen molar-refractivity contribution in [1.82, 2.24) is 4.98 Å². The van der Waals surface area contributed by atoms with Gasteiger partial charge in [-0.2, -0.15) is 5.26 Å². The van der Waals surface area contributed by atoms with Crippen LogP contribution in [0, 0.1) is 11.3 Å². The van der Waals surface area contributed by atoms with E-state index in [0.29, 0.717) is 47.0 Å². The molecule has 3 aromatic rings. The second-order valence-corrected chi connectivity index (χ2v) is 6.06. The zero-order chi connectivity index (χ0) is 18.4. The normalized spacial score (nSPS) is 10.3. The van der Waals surface area contributed by atoms with Gasteiger partial charge >= 0.3 is 0 Å². The molecule has 0 fully saturated rings. The van der Waals surface area contributed by atoms with Gasteiger partial charge in [-0.15, -0.1) is 0 Å². The Kier molecular flexibility index (Phi) is 5.67. The number of carbonyl (C=O) groups excluding carboxylic acids is 1. The smallest absolute Gasteiger partial charge is 0.257 e. The molecule has 0 unspecified atom stereocenters. The van der Waals surface area contributed by atoms with Gasteiger partial charge in [0, 0.05) is 34.8 Å². The molecule has 0 aliphatic heterocycles. The van der Waals surface area contributed by atoms with Crippen molar-refractivity contribution in [3.63, 3.8) is 0 Å². The summed E-state index contributed by atoms with van der Waals surface area (Å²) in [7, 11) is 0. The third-order valence-corrected chi connectivity index (χ3v) is 3.93. The van der Waals surface area contributed by atoms with Gasteiger partial charge in [0.1, 0.15) is 5.75 Å². The number of nitriles is 1. The summed E-state index contributed by atoms with van der Waals surface area (Å²) in [6, 6.07) is 16.2. The Labute approximate surface area is 156 Å². The minimum absolute atomic E-state index is 0.294. The Morgan fingerprint density at radius 3 is 2.96 bits per heavy atom. The van der Waals surface area contributed by atoms with E-state index in [1.807, 2.05) is 6.07 Å². The fraction of sp³-hybridized carbons (Fsp3) is 0.150. The number of nitrogens with zero attached hydrogens (tertiary/aromatic N) is 2. The van der Waals surface area contributed by atoms with Gasteiger partial charge in [-0.25, -0.2) is 0 Å². The van der Waals surface area contributed by atoms with Crippen LogP contribution >= 0.6 is 11.6 Å². The molecule has 3 rings (SSSR count). The van der Waals surface area contributed by atoms with Crippen LogP contribution in [0.1, 0.15) is 23.2 Å². The van der Waals surface area contributed by atoms with E-state index in [4.69, 9.17) is 21.6 Å². The molecular formula is C20H16ClN3O2. The second-order valence-electron chi connectivity index (χ2n) is 5.62. The Bertz CT molecular complexity index is 982. The lowest BCUT2D eigenvalue weighted by molar-refractivity contribution is 0.102. The SMILES string of the molecule is N#CCCCOc1cccc(NC(=O)c2cc(Cl)cc3cccnc23)c1. The molecule has 26 heavy (non-hydrogen) atoms. The van der Waals surface area contributed by atoms with E-state index in [2.05, 4.69) is 16.4 Å². The molecule has 2 aromatic carbocycles. The van der Waals surface area contributed by atoms with Gasteiger partial charge < -0.3 is 10.1 Å². The summed E-state index contributed by atoms with van der Waals surface area (Å²) in [4.78, 5) is 17.0. The van der Waals surface area contributed by atoms with E-state index in [-0.39, 0.29) is 5.91 Å². The van der Waals surface area contributed by atoms with Crippen molar-refractivity contribution in [2.75, 3.05) is 11.9 Å². The number of rotatable bonds is 6. The van der Waals surface area contributed by atoms with Crippen LogP contribution < -0.4 is 10.1 Å². The molecular weight excluding hydrogens is 350 g/mol. The zero-order valence-electron chi connectivity index (χ0n) is 13.9. The quantitative estimate of drug-likeness (QED) is 0.635. The number of anilines is 1. The topological polar surface area (TPSA) is 75.0 Å². The summed E-state index contributed by atoms with van der Waals surface area (Å²) in [6.45, 7) is 0.452. The fourth-order valence-corrected chi connectivity index (χ4v) is 2.76. The fourth-order valence-electron chi connectivity index (χ4n) is 2.53. The number of amides is 1. The number of fused-ring (bicyclic) bond motifs is 1. The van der Waals surface area contributed by atoms with E-state index in [1.165, 1.54) is 0 Å². The van der Waals surface area contributed by atoms with E-state index in [1.54, 1.807) is 48.7 Å². The highest BCUT2D eigenvalue weighted by molar-refractivity contribution is 6.32. The lowest BCUT2D eigenvalue weighted by atomic mass is 10.1. The summed E-state index contributed by atoms with van der Waals surface area (Å²) in [5, 5.41) is 12.7. The predicted molar refractivity (Wildman–Crippen MR) is 101 cm³/mol. The molecule has 0 saturated heterocycles. The predicted octanol–water partition coefficient (Wildman–Crippen LogP) is 4.82. The Hall–Kier alpha value is -3.10. The Balaban J connectivity index is 1.77. The first-order valence-electron chi connectivity index (χ1n) is 8.13. The van der Waals surface area contributed by atoms with Crippen molar-refractivity contribution in [3.05, 3.63) is 65.3 Å². The van der Waals surface area contributed by atoms with Crippen LogP contribution in [-0.4, -0.2) is 17.5 Å². The van der Waals surface area contributed by atoms with Crippen LogP contribution in [0.25, 0.3) is 10.9 Å². The molecule has 130 valence electrons. The first-order valence-corrected chi connectivity index (χ1v) is 8.50. The van der Waals surface area contributed by atoms with Crippen LogP contribution in [0.4, 0.5) is 5.69 Å². The van der Waals surface area contributed by atoms with Gasteiger partial charge in [-0.1, -0.05) is 23.7 Å². The number of hydrogen-bond acceptors (Lipinski definition) is 4. The Morgan fingerprint density at radius 2 is 2.12 bits per heavy atom. The highest BCUT2D eigenvalue weighted by atomic mass is 35.5. The molecule has 0 aliphatic carbocycles. The molecule has 0 spiro atoms. The van der Waals surface area contributed by atoms with E-state index in [0.717, 1.165) is 5.39 Å². The lowest BCUT2D eigenvalue weighted by Crippen LogP contribution is -2.13. The van der Waals surface area contributed by atoms with Crippen molar-refractivity contribution in [3.8, 4) is 11.8 Å². The molecule has 1 N–H and O–H groups in total. The number of halogens is 1. The molecule has 1 amide bonds. The summed E-state index contributed by atoms with van der Waals surface area (Å²) in [5.74, 6) is 0.340. The summed E-state index contributed by atoms with van der Waals surface area (Å²) in [5.41, 5.74) is 1.61. The summed E-state index contributed by atoms with van der Waals surface area (Å²) >= 11 is 6.13.